The van der Waals surface area contributed by atoms with Gasteiger partial charge in [0, 0.05) is 22.9 Å². The molecule has 18 heavy (non-hydrogen) atoms. The van der Waals surface area contributed by atoms with E-state index in [1.165, 1.54) is 37.1 Å². The van der Waals surface area contributed by atoms with Crippen LogP contribution in [0.4, 0.5) is 4.39 Å². The van der Waals surface area contributed by atoms with E-state index in [4.69, 9.17) is 11.6 Å². The first kappa shape index (κ1) is 14.2. The van der Waals surface area contributed by atoms with Gasteiger partial charge in [-0.3, -0.25) is 0 Å². The molecule has 1 nitrogen and oxygen atoms in total. The van der Waals surface area contributed by atoms with Crippen LogP contribution in [-0.2, 0) is 6.54 Å². The normalized spacial score (nSPS) is 23.5. The molecular formula is C14H19ClFNS. The van der Waals surface area contributed by atoms with E-state index in [9.17, 15) is 4.39 Å². The molecule has 100 valence electrons. The Kier molecular flexibility index (Phi) is 5.34. The second kappa shape index (κ2) is 6.78. The third kappa shape index (κ3) is 3.87. The lowest BCUT2D eigenvalue weighted by molar-refractivity contribution is 0.524. The fraction of sp³-hybridized carbons (Fsp3) is 0.571. The highest BCUT2D eigenvalue weighted by molar-refractivity contribution is 7.99. The van der Waals surface area contributed by atoms with Crippen LogP contribution in [0.3, 0.4) is 0 Å². The molecule has 4 heteroatoms. The van der Waals surface area contributed by atoms with Crippen molar-refractivity contribution < 1.29 is 4.39 Å². The molecule has 0 heterocycles. The molecular weight excluding hydrogens is 269 g/mol. The zero-order valence-electron chi connectivity index (χ0n) is 10.6. The molecule has 1 aromatic carbocycles. The summed E-state index contributed by atoms with van der Waals surface area (Å²) in [4.78, 5) is 0. The van der Waals surface area contributed by atoms with Crippen molar-refractivity contribution in [2.24, 2.45) is 0 Å². The van der Waals surface area contributed by atoms with E-state index < -0.39 is 0 Å². The molecule has 2 rings (SSSR count). The third-order valence-corrected chi connectivity index (χ3v) is 4.97. The van der Waals surface area contributed by atoms with Crippen LogP contribution >= 0.6 is 23.4 Å². The number of nitrogens with one attached hydrogen (secondary N) is 1. The van der Waals surface area contributed by atoms with Crippen molar-refractivity contribution in [3.63, 3.8) is 0 Å². The molecule has 0 amide bonds. The minimum absolute atomic E-state index is 0.274. The monoisotopic (exact) mass is 287 g/mol. The average Bonchev–Trinajstić information content (AvgIpc) is 2.76. The number of benzene rings is 1. The van der Waals surface area contributed by atoms with Crippen LogP contribution in [0.1, 0.15) is 31.7 Å². The Morgan fingerprint density at radius 2 is 2.28 bits per heavy atom. The Hall–Kier alpha value is -0.250. The first-order valence-electron chi connectivity index (χ1n) is 6.48. The molecule has 1 aliphatic rings. The highest BCUT2D eigenvalue weighted by Gasteiger charge is 2.23. The topological polar surface area (TPSA) is 12.0 Å². The SMILES string of the molecule is CCSC1CCC(NCc2ccc(F)cc2Cl)C1. The van der Waals surface area contributed by atoms with E-state index >= 15 is 0 Å². The van der Waals surface area contributed by atoms with Gasteiger partial charge in [-0.05, 0) is 42.7 Å². The molecule has 2 atom stereocenters. The molecule has 1 N–H and O–H groups in total. The summed E-state index contributed by atoms with van der Waals surface area (Å²) in [5.41, 5.74) is 0.977. The van der Waals surface area contributed by atoms with Gasteiger partial charge in [-0.1, -0.05) is 24.6 Å². The summed E-state index contributed by atoms with van der Waals surface area (Å²) in [6, 6.07) is 5.18. The van der Waals surface area contributed by atoms with E-state index in [1.807, 2.05) is 0 Å². The Bertz CT molecular complexity index is 399. The van der Waals surface area contributed by atoms with Crippen LogP contribution in [0, 0.1) is 5.82 Å². The smallest absolute Gasteiger partial charge is 0.124 e. The predicted molar refractivity (Wildman–Crippen MR) is 77.8 cm³/mol. The molecule has 0 radical (unpaired) electrons. The van der Waals surface area contributed by atoms with Gasteiger partial charge in [-0.15, -0.1) is 0 Å². The number of hydrogen-bond acceptors (Lipinski definition) is 2. The van der Waals surface area contributed by atoms with Crippen molar-refractivity contribution in [3.8, 4) is 0 Å². The molecule has 1 aliphatic carbocycles. The molecule has 1 saturated carbocycles. The first-order chi connectivity index (χ1) is 8.69. The summed E-state index contributed by atoms with van der Waals surface area (Å²) in [6.45, 7) is 2.94. The minimum atomic E-state index is -0.274. The minimum Gasteiger partial charge on any atom is -0.310 e. The number of hydrogen-bond donors (Lipinski definition) is 1. The van der Waals surface area contributed by atoms with E-state index in [1.54, 1.807) is 6.07 Å². The quantitative estimate of drug-likeness (QED) is 0.869. The third-order valence-electron chi connectivity index (χ3n) is 3.38. The van der Waals surface area contributed by atoms with Crippen molar-refractivity contribution in [1.29, 1.82) is 0 Å². The summed E-state index contributed by atoms with van der Waals surface area (Å²) in [5, 5.41) is 4.84. The molecule has 1 fully saturated rings. The van der Waals surface area contributed by atoms with Gasteiger partial charge < -0.3 is 5.32 Å². The number of rotatable bonds is 5. The van der Waals surface area contributed by atoms with Crippen molar-refractivity contribution >= 4 is 23.4 Å². The average molecular weight is 288 g/mol. The second-order valence-electron chi connectivity index (χ2n) is 4.70. The molecule has 0 saturated heterocycles. The lowest BCUT2D eigenvalue weighted by atomic mass is 10.2. The Balaban J connectivity index is 1.81. The van der Waals surface area contributed by atoms with Gasteiger partial charge in [-0.2, -0.15) is 11.8 Å². The van der Waals surface area contributed by atoms with Crippen LogP contribution < -0.4 is 5.32 Å². The Labute approximate surface area is 117 Å². The lowest BCUT2D eigenvalue weighted by Gasteiger charge is -2.13. The Morgan fingerprint density at radius 3 is 3.00 bits per heavy atom. The standard InChI is InChI=1S/C14H19ClFNS/c1-2-18-13-6-5-12(8-13)17-9-10-3-4-11(16)7-14(10)15/h3-4,7,12-13,17H,2,5-6,8-9H2,1H3. The van der Waals surface area contributed by atoms with E-state index in [2.05, 4.69) is 24.0 Å². The fourth-order valence-electron chi connectivity index (χ4n) is 2.43. The summed E-state index contributed by atoms with van der Waals surface area (Å²) >= 11 is 8.06. The maximum absolute atomic E-state index is 12.9. The van der Waals surface area contributed by atoms with Crippen molar-refractivity contribution in [3.05, 3.63) is 34.6 Å². The highest BCUT2D eigenvalue weighted by atomic mass is 35.5. The van der Waals surface area contributed by atoms with Gasteiger partial charge in [0.25, 0.3) is 0 Å². The zero-order chi connectivity index (χ0) is 13.0. The van der Waals surface area contributed by atoms with E-state index in [-0.39, 0.29) is 5.82 Å². The molecule has 2 unspecified atom stereocenters. The van der Waals surface area contributed by atoms with Crippen LogP contribution in [0.25, 0.3) is 0 Å². The number of halogens is 2. The largest absolute Gasteiger partial charge is 0.310 e. The van der Waals surface area contributed by atoms with Gasteiger partial charge >= 0.3 is 0 Å². The first-order valence-corrected chi connectivity index (χ1v) is 7.90. The van der Waals surface area contributed by atoms with Gasteiger partial charge in [-0.25, -0.2) is 4.39 Å². The second-order valence-corrected chi connectivity index (χ2v) is 6.69. The van der Waals surface area contributed by atoms with Crippen LogP contribution in [0.2, 0.25) is 5.02 Å². The molecule has 0 aliphatic heterocycles. The Morgan fingerprint density at radius 1 is 1.44 bits per heavy atom. The van der Waals surface area contributed by atoms with Gasteiger partial charge in [0.2, 0.25) is 0 Å². The van der Waals surface area contributed by atoms with Crippen LogP contribution in [0.15, 0.2) is 18.2 Å². The fourth-order valence-corrected chi connectivity index (χ4v) is 3.81. The molecule has 0 bridgehead atoms. The van der Waals surface area contributed by atoms with Crippen molar-refractivity contribution in [2.45, 2.75) is 44.0 Å². The van der Waals surface area contributed by atoms with Crippen LogP contribution in [-0.4, -0.2) is 17.0 Å². The molecule has 1 aromatic rings. The summed E-state index contributed by atoms with van der Waals surface area (Å²) in [7, 11) is 0. The van der Waals surface area contributed by atoms with E-state index in [0.29, 0.717) is 11.1 Å². The van der Waals surface area contributed by atoms with E-state index in [0.717, 1.165) is 17.4 Å². The lowest BCUT2D eigenvalue weighted by Crippen LogP contribution is -2.26. The molecule has 0 spiro atoms. The molecule has 0 aromatic heterocycles. The van der Waals surface area contributed by atoms with Gasteiger partial charge in [0.1, 0.15) is 5.82 Å². The maximum atomic E-state index is 12.9. The van der Waals surface area contributed by atoms with Crippen molar-refractivity contribution in [1.82, 2.24) is 5.32 Å². The summed E-state index contributed by atoms with van der Waals surface area (Å²) in [5.74, 6) is 0.922. The zero-order valence-corrected chi connectivity index (χ0v) is 12.2. The summed E-state index contributed by atoms with van der Waals surface area (Å²) in [6.07, 6.45) is 3.77. The summed E-state index contributed by atoms with van der Waals surface area (Å²) < 4.78 is 12.9. The highest BCUT2D eigenvalue weighted by Crippen LogP contribution is 2.30. The predicted octanol–water partition coefficient (Wildman–Crippen LogP) is 4.24. The van der Waals surface area contributed by atoms with Gasteiger partial charge in [0.05, 0.1) is 0 Å². The van der Waals surface area contributed by atoms with Crippen molar-refractivity contribution in [2.75, 3.05) is 5.75 Å². The number of thioether (sulfide) groups is 1. The van der Waals surface area contributed by atoms with Gasteiger partial charge in [0.15, 0.2) is 0 Å². The van der Waals surface area contributed by atoms with Crippen LogP contribution in [0.5, 0.6) is 0 Å². The maximum Gasteiger partial charge on any atom is 0.124 e.